The fourth-order valence-electron chi connectivity index (χ4n) is 2.36. The molecule has 3 rings (SSSR count). The number of amides is 2. The summed E-state index contributed by atoms with van der Waals surface area (Å²) in [6.07, 6.45) is 0. The van der Waals surface area contributed by atoms with E-state index in [0.29, 0.717) is 21.6 Å². The Labute approximate surface area is 172 Å². The van der Waals surface area contributed by atoms with Crippen LogP contribution in [0.15, 0.2) is 54.6 Å². The lowest BCUT2D eigenvalue weighted by Crippen LogP contribution is -2.32. The van der Waals surface area contributed by atoms with E-state index < -0.39 is 6.03 Å². The number of rotatable bonds is 6. The van der Waals surface area contributed by atoms with E-state index in [1.807, 2.05) is 37.3 Å². The van der Waals surface area contributed by atoms with Gasteiger partial charge >= 0.3 is 6.03 Å². The van der Waals surface area contributed by atoms with Crippen molar-refractivity contribution < 1.29 is 9.53 Å². The zero-order valence-electron chi connectivity index (χ0n) is 15.1. The van der Waals surface area contributed by atoms with Crippen LogP contribution in [0.25, 0.3) is 11.3 Å². The Morgan fingerprint density at radius 2 is 1.82 bits per heavy atom. The standard InChI is InChI=1S/C20H18Cl2N4O2/c1-13-2-4-14(5-3-13)17-8-9-19(26-25-17)28-11-10-23-20(27)24-18-12-15(21)6-7-16(18)22/h2-9,12H,10-11H2,1H3,(H2,23,24,27). The molecule has 0 fully saturated rings. The van der Waals surface area contributed by atoms with Crippen molar-refractivity contribution in [3.05, 3.63) is 70.2 Å². The average Bonchev–Trinajstić information content (AvgIpc) is 2.69. The number of aromatic nitrogens is 2. The highest BCUT2D eigenvalue weighted by atomic mass is 35.5. The SMILES string of the molecule is Cc1ccc(-c2ccc(OCCNC(=O)Nc3cc(Cl)ccc3Cl)nn2)cc1. The van der Waals surface area contributed by atoms with Crippen molar-refractivity contribution in [2.75, 3.05) is 18.5 Å². The lowest BCUT2D eigenvalue weighted by molar-refractivity contribution is 0.246. The van der Waals surface area contributed by atoms with Crippen LogP contribution in [0.4, 0.5) is 10.5 Å². The zero-order valence-corrected chi connectivity index (χ0v) is 16.6. The topological polar surface area (TPSA) is 76.1 Å². The summed E-state index contributed by atoms with van der Waals surface area (Å²) >= 11 is 11.9. The minimum atomic E-state index is -0.409. The van der Waals surface area contributed by atoms with Crippen molar-refractivity contribution in [1.29, 1.82) is 0 Å². The predicted octanol–water partition coefficient (Wildman–Crippen LogP) is 4.96. The maximum Gasteiger partial charge on any atom is 0.319 e. The highest BCUT2D eigenvalue weighted by molar-refractivity contribution is 6.35. The number of aryl methyl sites for hydroxylation is 1. The van der Waals surface area contributed by atoms with Gasteiger partial charge in [-0.05, 0) is 31.2 Å². The number of carbonyl (C=O) groups excluding carboxylic acids is 1. The Morgan fingerprint density at radius 1 is 1.04 bits per heavy atom. The first-order valence-electron chi connectivity index (χ1n) is 8.55. The van der Waals surface area contributed by atoms with Crippen LogP contribution in [0.2, 0.25) is 10.0 Å². The number of nitrogens with zero attached hydrogens (tertiary/aromatic N) is 2. The molecule has 0 aliphatic carbocycles. The van der Waals surface area contributed by atoms with Crippen LogP contribution in [0.3, 0.4) is 0 Å². The summed E-state index contributed by atoms with van der Waals surface area (Å²) in [5.74, 6) is 0.385. The summed E-state index contributed by atoms with van der Waals surface area (Å²) in [7, 11) is 0. The third-order valence-corrected chi connectivity index (χ3v) is 4.37. The lowest BCUT2D eigenvalue weighted by atomic mass is 10.1. The molecule has 0 saturated carbocycles. The van der Waals surface area contributed by atoms with Gasteiger partial charge in [0.1, 0.15) is 6.61 Å². The van der Waals surface area contributed by atoms with Gasteiger partial charge < -0.3 is 15.4 Å². The second-order valence-corrected chi connectivity index (χ2v) is 6.82. The molecule has 2 N–H and O–H groups in total. The fraction of sp³-hybridized carbons (Fsp3) is 0.150. The molecule has 0 aliphatic rings. The van der Waals surface area contributed by atoms with Crippen LogP contribution in [-0.2, 0) is 0 Å². The van der Waals surface area contributed by atoms with Crippen LogP contribution < -0.4 is 15.4 Å². The maximum atomic E-state index is 11.9. The van der Waals surface area contributed by atoms with Crippen LogP contribution in [0.1, 0.15) is 5.56 Å². The Kier molecular flexibility index (Phi) is 6.68. The second kappa shape index (κ2) is 9.39. The van der Waals surface area contributed by atoms with Gasteiger partial charge in [0.2, 0.25) is 5.88 Å². The number of nitrogens with one attached hydrogen (secondary N) is 2. The van der Waals surface area contributed by atoms with Crippen molar-refractivity contribution in [2.24, 2.45) is 0 Å². The minimum Gasteiger partial charge on any atom is -0.475 e. The molecule has 2 aromatic carbocycles. The van der Waals surface area contributed by atoms with E-state index in [4.69, 9.17) is 27.9 Å². The number of hydrogen-bond donors (Lipinski definition) is 2. The second-order valence-electron chi connectivity index (χ2n) is 5.98. The normalized spacial score (nSPS) is 10.4. The maximum absolute atomic E-state index is 11.9. The van der Waals surface area contributed by atoms with Crippen molar-refractivity contribution in [3.8, 4) is 17.1 Å². The first-order chi connectivity index (χ1) is 13.5. The van der Waals surface area contributed by atoms with Crippen LogP contribution in [0, 0.1) is 6.92 Å². The Hall–Kier alpha value is -2.83. The molecule has 0 bridgehead atoms. The van der Waals surface area contributed by atoms with E-state index in [1.165, 1.54) is 5.56 Å². The number of carbonyl (C=O) groups is 1. The molecule has 144 valence electrons. The van der Waals surface area contributed by atoms with Gasteiger partial charge in [-0.3, -0.25) is 0 Å². The first-order valence-corrected chi connectivity index (χ1v) is 9.30. The molecule has 6 nitrogen and oxygen atoms in total. The number of benzene rings is 2. The summed E-state index contributed by atoms with van der Waals surface area (Å²) in [5, 5.41) is 14.4. The van der Waals surface area contributed by atoms with E-state index in [9.17, 15) is 4.79 Å². The van der Waals surface area contributed by atoms with Gasteiger partial charge in [-0.1, -0.05) is 53.0 Å². The molecule has 8 heteroatoms. The summed E-state index contributed by atoms with van der Waals surface area (Å²) in [6, 6.07) is 16.0. The van der Waals surface area contributed by atoms with Gasteiger partial charge in [-0.2, -0.15) is 0 Å². The molecule has 1 aromatic heterocycles. The van der Waals surface area contributed by atoms with Crippen LogP contribution in [-0.4, -0.2) is 29.4 Å². The van der Waals surface area contributed by atoms with Gasteiger partial charge in [-0.25, -0.2) is 4.79 Å². The smallest absolute Gasteiger partial charge is 0.319 e. The van der Waals surface area contributed by atoms with E-state index in [-0.39, 0.29) is 13.2 Å². The largest absolute Gasteiger partial charge is 0.475 e. The van der Waals surface area contributed by atoms with Gasteiger partial charge in [0.05, 0.1) is 22.9 Å². The molecule has 0 radical (unpaired) electrons. The van der Waals surface area contributed by atoms with Crippen molar-refractivity contribution in [1.82, 2.24) is 15.5 Å². The Morgan fingerprint density at radius 3 is 2.54 bits per heavy atom. The minimum absolute atomic E-state index is 0.245. The molecule has 0 spiro atoms. The molecule has 0 saturated heterocycles. The molecule has 3 aromatic rings. The number of hydrogen-bond acceptors (Lipinski definition) is 4. The Bertz CT molecular complexity index is 947. The average molecular weight is 417 g/mol. The number of anilines is 1. The summed E-state index contributed by atoms with van der Waals surface area (Å²) in [6.45, 7) is 2.56. The van der Waals surface area contributed by atoms with Gasteiger partial charge in [-0.15, -0.1) is 10.2 Å². The summed E-state index contributed by atoms with van der Waals surface area (Å²) < 4.78 is 5.50. The van der Waals surface area contributed by atoms with E-state index >= 15 is 0 Å². The van der Waals surface area contributed by atoms with Crippen LogP contribution in [0.5, 0.6) is 5.88 Å². The molecule has 0 unspecified atom stereocenters. The van der Waals surface area contributed by atoms with E-state index in [2.05, 4.69) is 20.8 Å². The highest BCUT2D eigenvalue weighted by Gasteiger charge is 2.06. The lowest BCUT2D eigenvalue weighted by Gasteiger charge is -2.10. The molecule has 2 amide bonds. The van der Waals surface area contributed by atoms with E-state index in [1.54, 1.807) is 24.3 Å². The quantitative estimate of drug-likeness (QED) is 0.556. The van der Waals surface area contributed by atoms with Gasteiger partial charge in [0, 0.05) is 16.7 Å². The third kappa shape index (κ3) is 5.58. The van der Waals surface area contributed by atoms with Crippen molar-refractivity contribution in [2.45, 2.75) is 6.92 Å². The Balaban J connectivity index is 1.44. The molecule has 0 aliphatic heterocycles. The summed E-state index contributed by atoms with van der Waals surface area (Å²) in [5.41, 5.74) is 3.38. The first kappa shape index (κ1) is 19.9. The van der Waals surface area contributed by atoms with Crippen LogP contribution >= 0.6 is 23.2 Å². The third-order valence-electron chi connectivity index (χ3n) is 3.80. The van der Waals surface area contributed by atoms with Crippen molar-refractivity contribution in [3.63, 3.8) is 0 Å². The number of ether oxygens (including phenoxy) is 1. The predicted molar refractivity (Wildman–Crippen MR) is 111 cm³/mol. The molecular formula is C20H18Cl2N4O2. The van der Waals surface area contributed by atoms with Gasteiger partial charge in [0.25, 0.3) is 0 Å². The molecular weight excluding hydrogens is 399 g/mol. The molecule has 28 heavy (non-hydrogen) atoms. The number of halogens is 2. The van der Waals surface area contributed by atoms with Crippen molar-refractivity contribution >= 4 is 34.9 Å². The molecule has 0 atom stereocenters. The van der Waals surface area contributed by atoms with E-state index in [0.717, 1.165) is 11.3 Å². The zero-order chi connectivity index (χ0) is 19.9. The monoisotopic (exact) mass is 416 g/mol. The fourth-order valence-corrected chi connectivity index (χ4v) is 2.69. The highest BCUT2D eigenvalue weighted by Crippen LogP contribution is 2.25. The summed E-state index contributed by atoms with van der Waals surface area (Å²) in [4.78, 5) is 11.9. The number of urea groups is 1. The van der Waals surface area contributed by atoms with Gasteiger partial charge in [0.15, 0.2) is 0 Å². The molecule has 1 heterocycles.